The third kappa shape index (κ3) is 4.61. The van der Waals surface area contributed by atoms with Gasteiger partial charge in [0.2, 0.25) is 0 Å². The highest BCUT2D eigenvalue weighted by Gasteiger charge is 2.05. The Labute approximate surface area is 154 Å². The summed E-state index contributed by atoms with van der Waals surface area (Å²) in [7, 11) is 3.44. The van der Waals surface area contributed by atoms with E-state index in [1.165, 1.54) is 21.2 Å². The Bertz CT molecular complexity index is 885. The van der Waals surface area contributed by atoms with Crippen molar-refractivity contribution in [2.24, 2.45) is 0 Å². The van der Waals surface area contributed by atoms with Crippen LogP contribution >= 0.6 is 0 Å². The van der Waals surface area contributed by atoms with Gasteiger partial charge in [0.15, 0.2) is 6.61 Å². The number of fused-ring (bicyclic) bond motifs is 1. The standard InChI is InChI=1S/C22H24N2O2/c1-24(2)22(25)16-26-20-11-5-7-17(13-20)14-23-15-19-10-6-9-18-8-3-4-12-21(18)19/h3-13,23H,14-16H2,1-2H3. The molecular formula is C22H24N2O2. The Morgan fingerprint density at radius 2 is 1.73 bits per heavy atom. The van der Waals surface area contributed by atoms with Gasteiger partial charge in [-0.1, -0.05) is 54.6 Å². The topological polar surface area (TPSA) is 41.6 Å². The van der Waals surface area contributed by atoms with Gasteiger partial charge in [-0.15, -0.1) is 0 Å². The molecule has 0 unspecified atom stereocenters. The van der Waals surface area contributed by atoms with Crippen LogP contribution in [0, 0.1) is 0 Å². The zero-order valence-electron chi connectivity index (χ0n) is 15.2. The maximum absolute atomic E-state index is 11.6. The number of benzene rings is 3. The van der Waals surface area contributed by atoms with Gasteiger partial charge in [0.1, 0.15) is 5.75 Å². The minimum absolute atomic E-state index is 0.0514. The second-order valence-electron chi connectivity index (χ2n) is 6.47. The van der Waals surface area contributed by atoms with Crippen LogP contribution in [0.1, 0.15) is 11.1 Å². The Kier molecular flexibility index (Phi) is 5.87. The van der Waals surface area contributed by atoms with Crippen LogP contribution in [0.25, 0.3) is 10.8 Å². The van der Waals surface area contributed by atoms with Crippen molar-refractivity contribution in [1.82, 2.24) is 10.2 Å². The van der Waals surface area contributed by atoms with Crippen LogP contribution in [0.4, 0.5) is 0 Å². The summed E-state index contributed by atoms with van der Waals surface area (Å²) in [6.45, 7) is 1.59. The Morgan fingerprint density at radius 3 is 2.58 bits per heavy atom. The summed E-state index contributed by atoms with van der Waals surface area (Å²) in [5.74, 6) is 0.661. The molecule has 1 amide bonds. The van der Waals surface area contributed by atoms with Crippen LogP contribution in [0.2, 0.25) is 0 Å². The Morgan fingerprint density at radius 1 is 0.962 bits per heavy atom. The normalized spacial score (nSPS) is 10.7. The number of carbonyl (C=O) groups is 1. The van der Waals surface area contributed by atoms with Crippen molar-refractivity contribution in [3.63, 3.8) is 0 Å². The highest BCUT2D eigenvalue weighted by molar-refractivity contribution is 5.85. The van der Waals surface area contributed by atoms with Crippen molar-refractivity contribution in [3.8, 4) is 5.75 Å². The first kappa shape index (κ1) is 18.0. The number of rotatable bonds is 7. The molecule has 0 bridgehead atoms. The lowest BCUT2D eigenvalue weighted by atomic mass is 10.0. The fourth-order valence-electron chi connectivity index (χ4n) is 2.81. The van der Waals surface area contributed by atoms with Gasteiger partial charge in [-0.05, 0) is 34.0 Å². The first-order valence-corrected chi connectivity index (χ1v) is 8.73. The zero-order chi connectivity index (χ0) is 18.4. The average Bonchev–Trinajstić information content (AvgIpc) is 2.66. The lowest BCUT2D eigenvalue weighted by Gasteiger charge is -2.12. The fourth-order valence-corrected chi connectivity index (χ4v) is 2.81. The van der Waals surface area contributed by atoms with Gasteiger partial charge in [-0.3, -0.25) is 4.79 Å². The summed E-state index contributed by atoms with van der Waals surface area (Å²) in [6, 6.07) is 22.6. The molecular weight excluding hydrogens is 324 g/mol. The quantitative estimate of drug-likeness (QED) is 0.709. The highest BCUT2D eigenvalue weighted by Crippen LogP contribution is 2.18. The van der Waals surface area contributed by atoms with Gasteiger partial charge in [0, 0.05) is 27.2 Å². The van der Waals surface area contributed by atoms with Gasteiger partial charge in [0.05, 0.1) is 0 Å². The third-order valence-electron chi connectivity index (χ3n) is 4.28. The summed E-state index contributed by atoms with van der Waals surface area (Å²) in [5.41, 5.74) is 2.41. The van der Waals surface area contributed by atoms with Crippen LogP contribution < -0.4 is 10.1 Å². The molecule has 0 saturated carbocycles. The molecule has 0 fully saturated rings. The maximum Gasteiger partial charge on any atom is 0.259 e. The molecule has 0 aliphatic heterocycles. The van der Waals surface area contributed by atoms with Crippen LogP contribution in [-0.4, -0.2) is 31.5 Å². The molecule has 0 heterocycles. The molecule has 0 spiro atoms. The van der Waals surface area contributed by atoms with E-state index >= 15 is 0 Å². The highest BCUT2D eigenvalue weighted by atomic mass is 16.5. The van der Waals surface area contributed by atoms with E-state index in [0.717, 1.165) is 18.7 Å². The molecule has 4 heteroatoms. The van der Waals surface area contributed by atoms with Gasteiger partial charge < -0.3 is 15.0 Å². The van der Waals surface area contributed by atoms with E-state index in [0.29, 0.717) is 5.75 Å². The van der Waals surface area contributed by atoms with E-state index in [-0.39, 0.29) is 12.5 Å². The second-order valence-corrected chi connectivity index (χ2v) is 6.47. The molecule has 1 N–H and O–H groups in total. The van der Waals surface area contributed by atoms with Crippen molar-refractivity contribution in [3.05, 3.63) is 77.9 Å². The molecule has 0 atom stereocenters. The number of hydrogen-bond donors (Lipinski definition) is 1. The monoisotopic (exact) mass is 348 g/mol. The SMILES string of the molecule is CN(C)C(=O)COc1cccc(CNCc2cccc3ccccc23)c1. The van der Waals surface area contributed by atoms with Gasteiger partial charge >= 0.3 is 0 Å². The molecule has 0 aliphatic rings. The van der Waals surface area contributed by atoms with Crippen molar-refractivity contribution in [1.29, 1.82) is 0 Å². The molecule has 3 aromatic rings. The molecule has 3 aromatic carbocycles. The Balaban J connectivity index is 1.58. The molecule has 26 heavy (non-hydrogen) atoms. The van der Waals surface area contributed by atoms with Gasteiger partial charge in [0.25, 0.3) is 5.91 Å². The molecule has 0 aliphatic carbocycles. The van der Waals surface area contributed by atoms with E-state index < -0.39 is 0 Å². The largest absolute Gasteiger partial charge is 0.484 e. The average molecular weight is 348 g/mol. The van der Waals surface area contributed by atoms with Gasteiger partial charge in [-0.2, -0.15) is 0 Å². The van der Waals surface area contributed by atoms with Crippen molar-refractivity contribution >= 4 is 16.7 Å². The molecule has 134 valence electrons. The van der Waals surface area contributed by atoms with Crippen LogP contribution in [0.5, 0.6) is 5.75 Å². The summed E-state index contributed by atoms with van der Waals surface area (Å²) in [4.78, 5) is 13.1. The summed E-state index contributed by atoms with van der Waals surface area (Å²) < 4.78 is 5.57. The molecule has 0 radical (unpaired) electrons. The lowest BCUT2D eigenvalue weighted by Crippen LogP contribution is -2.27. The number of ether oxygens (including phenoxy) is 1. The van der Waals surface area contributed by atoms with E-state index in [2.05, 4.69) is 53.8 Å². The predicted molar refractivity (Wildman–Crippen MR) is 105 cm³/mol. The van der Waals surface area contributed by atoms with Gasteiger partial charge in [-0.25, -0.2) is 0 Å². The number of nitrogens with one attached hydrogen (secondary N) is 1. The number of likely N-dealkylation sites (N-methyl/N-ethyl adjacent to an activating group) is 1. The van der Waals surface area contributed by atoms with E-state index in [9.17, 15) is 4.79 Å². The second kappa shape index (κ2) is 8.50. The summed E-state index contributed by atoms with van der Waals surface area (Å²) in [6.07, 6.45) is 0. The minimum atomic E-state index is -0.0514. The lowest BCUT2D eigenvalue weighted by molar-refractivity contribution is -0.130. The maximum atomic E-state index is 11.6. The van der Waals surface area contributed by atoms with Crippen LogP contribution in [0.3, 0.4) is 0 Å². The first-order valence-electron chi connectivity index (χ1n) is 8.73. The molecule has 0 saturated heterocycles. The zero-order valence-corrected chi connectivity index (χ0v) is 15.2. The van der Waals surface area contributed by atoms with Crippen LogP contribution in [-0.2, 0) is 17.9 Å². The van der Waals surface area contributed by atoms with Crippen molar-refractivity contribution < 1.29 is 9.53 Å². The fraction of sp³-hybridized carbons (Fsp3) is 0.227. The Hall–Kier alpha value is -2.85. The molecule has 3 rings (SSSR count). The number of amides is 1. The van der Waals surface area contributed by atoms with Crippen molar-refractivity contribution in [2.45, 2.75) is 13.1 Å². The van der Waals surface area contributed by atoms with E-state index in [1.807, 2.05) is 18.2 Å². The minimum Gasteiger partial charge on any atom is -0.484 e. The molecule has 4 nitrogen and oxygen atoms in total. The van der Waals surface area contributed by atoms with Crippen LogP contribution in [0.15, 0.2) is 66.7 Å². The number of carbonyl (C=O) groups excluding carboxylic acids is 1. The number of hydrogen-bond acceptors (Lipinski definition) is 3. The van der Waals surface area contributed by atoms with E-state index in [1.54, 1.807) is 14.1 Å². The molecule has 0 aromatic heterocycles. The smallest absolute Gasteiger partial charge is 0.259 e. The van der Waals surface area contributed by atoms with E-state index in [4.69, 9.17) is 4.74 Å². The summed E-state index contributed by atoms with van der Waals surface area (Å²) >= 11 is 0. The third-order valence-corrected chi connectivity index (χ3v) is 4.28. The number of nitrogens with zero attached hydrogens (tertiary/aromatic N) is 1. The predicted octanol–water partition coefficient (Wildman–Crippen LogP) is 3.60. The van der Waals surface area contributed by atoms with Crippen molar-refractivity contribution in [2.75, 3.05) is 20.7 Å². The first-order chi connectivity index (χ1) is 12.6. The summed E-state index contributed by atoms with van der Waals surface area (Å²) in [5, 5.41) is 6.03.